The van der Waals surface area contributed by atoms with Crippen LogP contribution < -0.4 is 10.6 Å². The monoisotopic (exact) mass is 359 g/mol. The van der Waals surface area contributed by atoms with Gasteiger partial charge in [-0.05, 0) is 18.4 Å². The van der Waals surface area contributed by atoms with E-state index in [1.165, 1.54) is 5.56 Å². The number of ether oxygens (including phenoxy) is 1. The Bertz CT molecular complexity index is 630. The van der Waals surface area contributed by atoms with Gasteiger partial charge in [-0.1, -0.05) is 36.8 Å². The molecule has 1 saturated carbocycles. The molecule has 0 bridgehead atoms. The fourth-order valence-corrected chi connectivity index (χ4v) is 4.12. The lowest BCUT2D eigenvalue weighted by atomic mass is 9.68. The number of carbonyl (C=O) groups is 2. The Morgan fingerprint density at radius 3 is 2.54 bits per heavy atom. The maximum absolute atomic E-state index is 13.0. The van der Waals surface area contributed by atoms with E-state index < -0.39 is 0 Å². The van der Waals surface area contributed by atoms with Crippen molar-refractivity contribution in [2.75, 3.05) is 40.4 Å². The summed E-state index contributed by atoms with van der Waals surface area (Å²) >= 11 is 0. The van der Waals surface area contributed by atoms with Gasteiger partial charge < -0.3 is 15.4 Å². The molecule has 2 N–H and O–H groups in total. The van der Waals surface area contributed by atoms with Crippen LogP contribution in [0, 0.1) is 5.41 Å². The normalized spacial score (nSPS) is 24.7. The van der Waals surface area contributed by atoms with Crippen LogP contribution in [0.15, 0.2) is 30.3 Å². The van der Waals surface area contributed by atoms with E-state index in [0.29, 0.717) is 19.7 Å². The third-order valence-electron chi connectivity index (χ3n) is 5.80. The van der Waals surface area contributed by atoms with Crippen LogP contribution in [0.4, 0.5) is 0 Å². The lowest BCUT2D eigenvalue weighted by molar-refractivity contribution is -0.141. The van der Waals surface area contributed by atoms with Crippen LogP contribution in [0.25, 0.3) is 0 Å². The van der Waals surface area contributed by atoms with Crippen molar-refractivity contribution >= 4 is 11.8 Å². The molecule has 0 aromatic heterocycles. The Balaban J connectivity index is 1.73. The first-order valence-corrected chi connectivity index (χ1v) is 9.36. The molecular weight excluding hydrogens is 330 g/mol. The van der Waals surface area contributed by atoms with Crippen molar-refractivity contribution in [3.8, 4) is 0 Å². The Morgan fingerprint density at radius 1 is 1.23 bits per heavy atom. The molecule has 2 fully saturated rings. The summed E-state index contributed by atoms with van der Waals surface area (Å²) in [5, 5.41) is 5.96. The van der Waals surface area contributed by atoms with Crippen molar-refractivity contribution in [2.45, 2.75) is 31.2 Å². The predicted octanol–water partition coefficient (Wildman–Crippen LogP) is 1.13. The van der Waals surface area contributed by atoms with E-state index in [2.05, 4.69) is 27.7 Å². The minimum absolute atomic E-state index is 0.00126. The number of methoxy groups -OCH3 is 1. The zero-order valence-corrected chi connectivity index (χ0v) is 15.7. The molecule has 1 aromatic carbocycles. The summed E-state index contributed by atoms with van der Waals surface area (Å²) in [4.78, 5) is 26.9. The Labute approximate surface area is 155 Å². The van der Waals surface area contributed by atoms with Crippen LogP contribution in [0.3, 0.4) is 0 Å². The van der Waals surface area contributed by atoms with Gasteiger partial charge in [-0.3, -0.25) is 14.5 Å². The van der Waals surface area contributed by atoms with Gasteiger partial charge in [0.15, 0.2) is 0 Å². The van der Waals surface area contributed by atoms with Crippen LogP contribution in [0.5, 0.6) is 0 Å². The van der Waals surface area contributed by atoms with Gasteiger partial charge in [-0.25, -0.2) is 0 Å². The fourth-order valence-electron chi connectivity index (χ4n) is 4.12. The highest BCUT2D eigenvalue weighted by atomic mass is 16.5. The Hall–Kier alpha value is -1.92. The maximum Gasteiger partial charge on any atom is 0.233 e. The highest BCUT2D eigenvalue weighted by Gasteiger charge is 2.46. The first kappa shape index (κ1) is 18.9. The van der Waals surface area contributed by atoms with Crippen LogP contribution in [0.1, 0.15) is 30.7 Å². The van der Waals surface area contributed by atoms with Crippen molar-refractivity contribution in [3.05, 3.63) is 35.9 Å². The Morgan fingerprint density at radius 2 is 1.96 bits per heavy atom. The molecule has 0 spiro atoms. The average Bonchev–Trinajstić information content (AvgIpc) is 3.00. The van der Waals surface area contributed by atoms with Crippen LogP contribution >= 0.6 is 0 Å². The van der Waals surface area contributed by atoms with Gasteiger partial charge in [0.2, 0.25) is 11.8 Å². The smallest absolute Gasteiger partial charge is 0.233 e. The van der Waals surface area contributed by atoms with Gasteiger partial charge in [-0.2, -0.15) is 0 Å². The van der Waals surface area contributed by atoms with Crippen LogP contribution in [-0.2, 0) is 14.3 Å². The quantitative estimate of drug-likeness (QED) is 0.766. The van der Waals surface area contributed by atoms with Crippen molar-refractivity contribution in [1.82, 2.24) is 15.5 Å². The van der Waals surface area contributed by atoms with Crippen molar-refractivity contribution in [2.24, 2.45) is 5.41 Å². The predicted molar refractivity (Wildman–Crippen MR) is 99.8 cm³/mol. The van der Waals surface area contributed by atoms with Gasteiger partial charge in [0.25, 0.3) is 0 Å². The molecule has 1 heterocycles. The third-order valence-corrected chi connectivity index (χ3v) is 5.80. The standard InChI is InChI=1S/C20H29N3O3/c1-21-18(24)13-23-11-16(15-7-4-3-5-8-15)17(12-23)22-19(25)20(14-26-2)9-6-10-20/h3-5,7-8,16-17H,6,9-14H2,1-2H3,(H,21,24)(H,22,25)/t16-,17+/m1/s1. The molecule has 1 aromatic rings. The number of rotatable bonds is 7. The number of hydrogen-bond acceptors (Lipinski definition) is 4. The molecule has 0 radical (unpaired) electrons. The van der Waals surface area contributed by atoms with Crippen molar-refractivity contribution < 1.29 is 14.3 Å². The van der Waals surface area contributed by atoms with Gasteiger partial charge in [0.1, 0.15) is 0 Å². The number of likely N-dealkylation sites (N-methyl/N-ethyl adjacent to an activating group) is 1. The summed E-state index contributed by atoms with van der Waals surface area (Å²) in [6, 6.07) is 10.2. The summed E-state index contributed by atoms with van der Waals surface area (Å²) in [7, 11) is 3.30. The second kappa shape index (κ2) is 8.18. The number of nitrogens with zero attached hydrogens (tertiary/aromatic N) is 1. The van der Waals surface area contributed by atoms with Gasteiger partial charge in [0, 0.05) is 39.2 Å². The van der Waals surface area contributed by atoms with Crippen LogP contribution in [0.2, 0.25) is 0 Å². The average molecular weight is 359 g/mol. The first-order chi connectivity index (χ1) is 12.6. The summed E-state index contributed by atoms with van der Waals surface area (Å²) in [6.45, 7) is 2.28. The highest BCUT2D eigenvalue weighted by Crippen LogP contribution is 2.42. The molecular formula is C20H29N3O3. The van der Waals surface area contributed by atoms with Gasteiger partial charge in [-0.15, -0.1) is 0 Å². The molecule has 6 nitrogen and oxygen atoms in total. The first-order valence-electron chi connectivity index (χ1n) is 9.36. The van der Waals surface area contributed by atoms with E-state index in [9.17, 15) is 9.59 Å². The van der Waals surface area contributed by atoms with E-state index in [1.807, 2.05) is 18.2 Å². The second-order valence-corrected chi connectivity index (χ2v) is 7.53. The molecule has 6 heteroatoms. The van der Waals surface area contributed by atoms with Crippen molar-refractivity contribution in [1.29, 1.82) is 0 Å². The van der Waals surface area contributed by atoms with Gasteiger partial charge >= 0.3 is 0 Å². The summed E-state index contributed by atoms with van der Waals surface area (Å²) in [5.41, 5.74) is 0.830. The summed E-state index contributed by atoms with van der Waals surface area (Å²) in [5.74, 6) is 0.279. The van der Waals surface area contributed by atoms with Crippen LogP contribution in [-0.4, -0.2) is 63.2 Å². The fraction of sp³-hybridized carbons (Fsp3) is 0.600. The van der Waals surface area contributed by atoms with Gasteiger partial charge in [0.05, 0.1) is 18.6 Å². The van der Waals surface area contributed by atoms with Crippen molar-refractivity contribution in [3.63, 3.8) is 0 Å². The molecule has 1 saturated heterocycles. The molecule has 142 valence electrons. The number of benzene rings is 1. The largest absolute Gasteiger partial charge is 0.384 e. The van der Waals surface area contributed by atoms with E-state index in [0.717, 1.165) is 25.8 Å². The Kier molecular flexibility index (Phi) is 5.94. The second-order valence-electron chi connectivity index (χ2n) is 7.53. The minimum Gasteiger partial charge on any atom is -0.384 e. The number of amides is 2. The summed E-state index contributed by atoms with van der Waals surface area (Å²) in [6.07, 6.45) is 2.85. The summed E-state index contributed by atoms with van der Waals surface area (Å²) < 4.78 is 5.31. The van der Waals surface area contributed by atoms with E-state index in [1.54, 1.807) is 14.2 Å². The third kappa shape index (κ3) is 3.91. The SMILES string of the molecule is CNC(=O)CN1C[C@H](NC(=O)C2(COC)CCC2)[C@@H](c2ccccc2)C1. The number of nitrogens with one attached hydrogen (secondary N) is 2. The highest BCUT2D eigenvalue weighted by molar-refractivity contribution is 5.84. The maximum atomic E-state index is 13.0. The molecule has 26 heavy (non-hydrogen) atoms. The number of carbonyl (C=O) groups excluding carboxylic acids is 2. The zero-order valence-electron chi connectivity index (χ0n) is 15.7. The minimum atomic E-state index is -0.371. The topological polar surface area (TPSA) is 70.7 Å². The number of hydrogen-bond donors (Lipinski definition) is 2. The molecule has 2 amide bonds. The lowest BCUT2D eigenvalue weighted by Gasteiger charge is -2.40. The molecule has 1 aliphatic heterocycles. The molecule has 0 unspecified atom stereocenters. The molecule has 2 aliphatic rings. The van der Waals surface area contributed by atoms with E-state index in [4.69, 9.17) is 4.74 Å². The molecule has 1 aliphatic carbocycles. The molecule has 3 rings (SSSR count). The lowest BCUT2D eigenvalue weighted by Crippen LogP contribution is -2.53. The zero-order chi connectivity index (χ0) is 18.6. The van der Waals surface area contributed by atoms with E-state index >= 15 is 0 Å². The molecule has 2 atom stereocenters. The van der Waals surface area contributed by atoms with E-state index in [-0.39, 0.29) is 29.2 Å². The number of likely N-dealkylation sites (tertiary alicyclic amines) is 1.